The third-order valence-corrected chi connectivity index (χ3v) is 5.73. The SMILES string of the molecule is CCc1ccc(S(=O)(=O)NC2CCCCCC2)cc1CO. The highest BCUT2D eigenvalue weighted by Gasteiger charge is 2.21. The molecule has 0 heterocycles. The Bertz CT molecular complexity index is 561. The van der Waals surface area contributed by atoms with Crippen molar-refractivity contribution >= 4 is 10.0 Å². The van der Waals surface area contributed by atoms with E-state index in [1.54, 1.807) is 18.2 Å². The number of aryl methyl sites for hydroxylation is 1. The molecule has 0 atom stereocenters. The predicted molar refractivity (Wildman–Crippen MR) is 83.6 cm³/mol. The summed E-state index contributed by atoms with van der Waals surface area (Å²) in [5, 5.41) is 9.38. The zero-order valence-corrected chi connectivity index (χ0v) is 13.5. The van der Waals surface area contributed by atoms with Crippen LogP contribution in [0.15, 0.2) is 23.1 Å². The van der Waals surface area contributed by atoms with Gasteiger partial charge in [-0.1, -0.05) is 38.7 Å². The molecule has 1 aromatic carbocycles. The summed E-state index contributed by atoms with van der Waals surface area (Å²) in [6.07, 6.45) is 7.18. The molecule has 1 aromatic rings. The molecule has 1 aliphatic rings. The first-order valence-corrected chi connectivity index (χ1v) is 9.30. The molecular weight excluding hydrogens is 286 g/mol. The molecule has 21 heavy (non-hydrogen) atoms. The van der Waals surface area contributed by atoms with Crippen molar-refractivity contribution < 1.29 is 13.5 Å². The van der Waals surface area contributed by atoms with Crippen molar-refractivity contribution in [2.24, 2.45) is 0 Å². The van der Waals surface area contributed by atoms with E-state index in [2.05, 4.69) is 4.72 Å². The monoisotopic (exact) mass is 311 g/mol. The Morgan fingerprint density at radius 2 is 1.81 bits per heavy atom. The van der Waals surface area contributed by atoms with Crippen LogP contribution in [-0.2, 0) is 23.1 Å². The molecule has 4 nitrogen and oxygen atoms in total. The fourth-order valence-corrected chi connectivity index (χ4v) is 4.30. The predicted octanol–water partition coefficient (Wildman–Crippen LogP) is 2.74. The van der Waals surface area contributed by atoms with Gasteiger partial charge in [0.15, 0.2) is 0 Å². The van der Waals surface area contributed by atoms with Gasteiger partial charge in [-0.05, 0) is 42.5 Å². The van der Waals surface area contributed by atoms with Gasteiger partial charge in [-0.3, -0.25) is 0 Å². The Morgan fingerprint density at radius 3 is 2.38 bits per heavy atom. The molecule has 0 spiro atoms. The number of rotatable bonds is 5. The van der Waals surface area contributed by atoms with Crippen molar-refractivity contribution in [3.8, 4) is 0 Å². The molecule has 1 saturated carbocycles. The molecule has 2 N–H and O–H groups in total. The quantitative estimate of drug-likeness (QED) is 0.822. The molecule has 0 radical (unpaired) electrons. The Labute approximate surface area is 127 Å². The van der Waals surface area contributed by atoms with Crippen LogP contribution in [0.4, 0.5) is 0 Å². The van der Waals surface area contributed by atoms with E-state index < -0.39 is 10.0 Å². The maximum Gasteiger partial charge on any atom is 0.240 e. The average Bonchev–Trinajstić information content (AvgIpc) is 2.74. The van der Waals surface area contributed by atoms with Crippen LogP contribution in [0.3, 0.4) is 0 Å². The van der Waals surface area contributed by atoms with Gasteiger partial charge in [0, 0.05) is 6.04 Å². The molecule has 0 unspecified atom stereocenters. The normalized spacial score (nSPS) is 17.6. The second-order valence-electron chi connectivity index (χ2n) is 5.75. The average molecular weight is 311 g/mol. The number of nitrogens with one attached hydrogen (secondary N) is 1. The molecule has 1 aliphatic carbocycles. The van der Waals surface area contributed by atoms with E-state index in [0.29, 0.717) is 5.56 Å². The van der Waals surface area contributed by atoms with Gasteiger partial charge in [0.25, 0.3) is 0 Å². The number of aliphatic hydroxyl groups excluding tert-OH is 1. The highest BCUT2D eigenvalue weighted by atomic mass is 32.2. The lowest BCUT2D eigenvalue weighted by molar-refractivity contribution is 0.280. The summed E-state index contributed by atoms with van der Waals surface area (Å²) in [6.45, 7) is 1.86. The van der Waals surface area contributed by atoms with Crippen molar-refractivity contribution in [1.82, 2.24) is 4.72 Å². The van der Waals surface area contributed by atoms with Crippen LogP contribution in [0.5, 0.6) is 0 Å². The summed E-state index contributed by atoms with van der Waals surface area (Å²) < 4.78 is 27.8. The molecule has 0 saturated heterocycles. The Kier molecular flexibility index (Phi) is 5.79. The van der Waals surface area contributed by atoms with Gasteiger partial charge in [-0.2, -0.15) is 0 Å². The van der Waals surface area contributed by atoms with Crippen molar-refractivity contribution in [2.75, 3.05) is 0 Å². The zero-order valence-electron chi connectivity index (χ0n) is 12.6. The summed E-state index contributed by atoms with van der Waals surface area (Å²) in [4.78, 5) is 0.257. The molecule has 0 aromatic heterocycles. The molecule has 118 valence electrons. The van der Waals surface area contributed by atoms with E-state index in [9.17, 15) is 13.5 Å². The molecule has 2 rings (SSSR count). The smallest absolute Gasteiger partial charge is 0.240 e. The maximum absolute atomic E-state index is 12.5. The van der Waals surface area contributed by atoms with Crippen LogP contribution in [0.2, 0.25) is 0 Å². The summed E-state index contributed by atoms with van der Waals surface area (Å²) in [7, 11) is -3.49. The Morgan fingerprint density at radius 1 is 1.14 bits per heavy atom. The minimum atomic E-state index is -3.49. The first-order valence-electron chi connectivity index (χ1n) is 7.82. The standard InChI is InChI=1S/C16H25NO3S/c1-2-13-9-10-16(11-14(13)12-18)21(19,20)17-15-7-5-3-4-6-8-15/h9-11,15,17-18H,2-8,12H2,1H3. The molecule has 0 bridgehead atoms. The zero-order chi connectivity index (χ0) is 15.3. The molecular formula is C16H25NO3S. The maximum atomic E-state index is 12.5. The van der Waals surface area contributed by atoms with Crippen LogP contribution in [0.1, 0.15) is 56.6 Å². The van der Waals surface area contributed by atoms with Gasteiger partial charge in [0.05, 0.1) is 11.5 Å². The highest BCUT2D eigenvalue weighted by molar-refractivity contribution is 7.89. The van der Waals surface area contributed by atoms with Crippen LogP contribution in [0, 0.1) is 0 Å². The van der Waals surface area contributed by atoms with E-state index in [1.165, 1.54) is 12.8 Å². The first-order chi connectivity index (χ1) is 10.1. The van der Waals surface area contributed by atoms with E-state index in [4.69, 9.17) is 0 Å². The van der Waals surface area contributed by atoms with Crippen molar-refractivity contribution in [2.45, 2.75) is 69.4 Å². The minimum absolute atomic E-state index is 0.0425. The fourth-order valence-electron chi connectivity index (χ4n) is 2.95. The van der Waals surface area contributed by atoms with Gasteiger partial charge in [0.1, 0.15) is 0 Å². The lowest BCUT2D eigenvalue weighted by Crippen LogP contribution is -2.34. The van der Waals surface area contributed by atoms with E-state index in [0.717, 1.165) is 37.7 Å². The largest absolute Gasteiger partial charge is 0.392 e. The van der Waals surface area contributed by atoms with E-state index in [-0.39, 0.29) is 17.5 Å². The summed E-state index contributed by atoms with van der Waals surface area (Å²) in [6, 6.07) is 5.07. The van der Waals surface area contributed by atoms with Crippen LogP contribution in [-0.4, -0.2) is 19.6 Å². The lowest BCUT2D eigenvalue weighted by Gasteiger charge is -2.17. The van der Waals surface area contributed by atoms with E-state index >= 15 is 0 Å². The van der Waals surface area contributed by atoms with Crippen LogP contribution in [0.25, 0.3) is 0 Å². The Balaban J connectivity index is 2.18. The Hall–Kier alpha value is -0.910. The second-order valence-corrected chi connectivity index (χ2v) is 7.47. The number of aliphatic hydroxyl groups is 1. The summed E-state index contributed by atoms with van der Waals surface area (Å²) in [5.74, 6) is 0. The van der Waals surface area contributed by atoms with Crippen molar-refractivity contribution in [1.29, 1.82) is 0 Å². The molecule has 1 fully saturated rings. The molecule has 5 heteroatoms. The fraction of sp³-hybridized carbons (Fsp3) is 0.625. The number of benzene rings is 1. The van der Waals surface area contributed by atoms with Gasteiger partial charge in [-0.15, -0.1) is 0 Å². The van der Waals surface area contributed by atoms with E-state index in [1.807, 2.05) is 6.92 Å². The second kappa shape index (κ2) is 7.38. The van der Waals surface area contributed by atoms with Crippen molar-refractivity contribution in [3.05, 3.63) is 29.3 Å². The molecule has 0 amide bonds. The topological polar surface area (TPSA) is 66.4 Å². The number of sulfonamides is 1. The number of hydrogen-bond donors (Lipinski definition) is 2. The summed E-state index contributed by atoms with van der Waals surface area (Å²) >= 11 is 0. The van der Waals surface area contributed by atoms with Gasteiger partial charge >= 0.3 is 0 Å². The minimum Gasteiger partial charge on any atom is -0.392 e. The van der Waals surface area contributed by atoms with Gasteiger partial charge in [0.2, 0.25) is 10.0 Å². The number of hydrogen-bond acceptors (Lipinski definition) is 3. The summed E-state index contributed by atoms with van der Waals surface area (Å²) in [5.41, 5.74) is 1.69. The molecule has 0 aliphatic heterocycles. The third kappa shape index (κ3) is 4.28. The van der Waals surface area contributed by atoms with Crippen LogP contribution >= 0.6 is 0 Å². The van der Waals surface area contributed by atoms with Crippen LogP contribution < -0.4 is 4.72 Å². The first kappa shape index (κ1) is 16.5. The lowest BCUT2D eigenvalue weighted by atomic mass is 10.1. The third-order valence-electron chi connectivity index (χ3n) is 4.22. The van der Waals surface area contributed by atoms with Gasteiger partial charge in [-0.25, -0.2) is 13.1 Å². The highest BCUT2D eigenvalue weighted by Crippen LogP contribution is 2.21. The van der Waals surface area contributed by atoms with Crippen molar-refractivity contribution in [3.63, 3.8) is 0 Å². The van der Waals surface area contributed by atoms with Gasteiger partial charge < -0.3 is 5.11 Å².